The lowest BCUT2D eigenvalue weighted by atomic mass is 10.1. The number of methoxy groups -OCH3 is 1. The van der Waals surface area contributed by atoms with Gasteiger partial charge in [0, 0.05) is 147 Å². The molecule has 5 aliphatic heterocycles. The zero-order valence-corrected chi connectivity index (χ0v) is 48.2. The Morgan fingerprint density at radius 2 is 1.61 bits per heavy atom. The topological polar surface area (TPSA) is 246 Å². The largest absolute Gasteiger partial charge is 0.497 e. The van der Waals surface area contributed by atoms with Crippen LogP contribution in [0.1, 0.15) is 44.7 Å². The van der Waals surface area contributed by atoms with Crippen molar-refractivity contribution in [2.24, 2.45) is 11.8 Å². The molecule has 0 saturated carbocycles. The Labute approximate surface area is 472 Å². The van der Waals surface area contributed by atoms with E-state index in [0.717, 1.165) is 64.7 Å². The van der Waals surface area contributed by atoms with Crippen LogP contribution in [0.25, 0.3) is 0 Å². The Kier molecular flexibility index (Phi) is 23.8. The summed E-state index contributed by atoms with van der Waals surface area (Å²) in [5.41, 5.74) is 0.628. The lowest BCUT2D eigenvalue weighted by Crippen LogP contribution is -2.65. The van der Waals surface area contributed by atoms with Crippen LogP contribution in [0.15, 0.2) is 42.5 Å². The van der Waals surface area contributed by atoms with Crippen molar-refractivity contribution >= 4 is 64.9 Å². The maximum Gasteiger partial charge on any atom is 0.321 e. The van der Waals surface area contributed by atoms with Crippen molar-refractivity contribution in [1.29, 1.82) is 0 Å². The van der Waals surface area contributed by atoms with E-state index in [0.29, 0.717) is 81.7 Å². The minimum Gasteiger partial charge on any atom is -0.497 e. The van der Waals surface area contributed by atoms with Gasteiger partial charge in [-0.15, -0.1) is 23.5 Å². The van der Waals surface area contributed by atoms with E-state index in [2.05, 4.69) is 64.3 Å². The second-order valence-corrected chi connectivity index (χ2v) is 23.4. The number of carbonyl (C=O) groups excluding carboxylic acids is 6. The van der Waals surface area contributed by atoms with E-state index in [9.17, 15) is 33.2 Å². The molecule has 6 atom stereocenters. The third-order valence-electron chi connectivity index (χ3n) is 15.0. The van der Waals surface area contributed by atoms with Crippen molar-refractivity contribution in [2.45, 2.75) is 67.6 Å². The SMILES string of the molecule is COc1ccc([C@@H](C)NC(=O)[C@@H](CCC(=O)N(C)CCOCCN2CCN(C3NCC(C(=O)N(C)CCOc4ccc(NC(=O)NC5NC(CC(=O)N6CCN(C)CC6)CS5)cc4)CN3)CC2)SC2NC(=O)NCC2C)c(F)c1. The molecule has 5 heterocycles. The van der Waals surface area contributed by atoms with Gasteiger partial charge in [-0.1, -0.05) is 13.0 Å². The highest BCUT2D eigenvalue weighted by Gasteiger charge is 2.35. The first-order chi connectivity index (χ1) is 38.0. The summed E-state index contributed by atoms with van der Waals surface area (Å²) >= 11 is 2.87. The van der Waals surface area contributed by atoms with Crippen LogP contribution in [-0.2, 0) is 23.9 Å². The Bertz CT molecular complexity index is 2330. The number of urea groups is 2. The number of piperazine rings is 2. The first kappa shape index (κ1) is 61.4. The summed E-state index contributed by atoms with van der Waals surface area (Å²) in [6, 6.07) is 10.3. The second-order valence-electron chi connectivity index (χ2n) is 21.0. The van der Waals surface area contributed by atoms with Crippen LogP contribution >= 0.6 is 23.5 Å². The van der Waals surface area contributed by atoms with Crippen molar-refractivity contribution in [3.8, 4) is 11.5 Å². The zero-order valence-electron chi connectivity index (χ0n) is 46.6. The van der Waals surface area contributed by atoms with Crippen LogP contribution < -0.4 is 52.0 Å². The molecule has 5 saturated heterocycles. The molecule has 438 valence electrons. The number of benzene rings is 2. The number of anilines is 1. The van der Waals surface area contributed by atoms with E-state index in [1.54, 1.807) is 79.0 Å². The molecule has 0 bridgehead atoms. The summed E-state index contributed by atoms with van der Waals surface area (Å²) in [7, 11) is 7.02. The monoisotopic (exact) mass is 1140 g/mol. The number of carbonyl (C=O) groups is 6. The third kappa shape index (κ3) is 18.9. The Hall–Kier alpha value is -5.19. The number of nitrogens with zero attached hydrogens (tertiary/aromatic N) is 6. The van der Waals surface area contributed by atoms with Gasteiger partial charge in [-0.05, 0) is 50.7 Å². The van der Waals surface area contributed by atoms with E-state index in [1.165, 1.54) is 24.9 Å². The number of hydrogen-bond acceptors (Lipinski definition) is 17. The quantitative estimate of drug-likeness (QED) is 0.0651. The second kappa shape index (κ2) is 30.6. The van der Waals surface area contributed by atoms with Crippen molar-refractivity contribution in [2.75, 3.05) is 151 Å². The van der Waals surface area contributed by atoms with Crippen LogP contribution in [-0.4, -0.2) is 239 Å². The van der Waals surface area contributed by atoms with Gasteiger partial charge in [0.25, 0.3) is 0 Å². The number of halogens is 1. The molecule has 26 heteroatoms. The van der Waals surface area contributed by atoms with Gasteiger partial charge in [-0.2, -0.15) is 0 Å². The lowest BCUT2D eigenvalue weighted by molar-refractivity contribution is -0.135. The highest BCUT2D eigenvalue weighted by atomic mass is 32.2. The molecule has 8 N–H and O–H groups in total. The van der Waals surface area contributed by atoms with Gasteiger partial charge in [0.05, 0.1) is 49.5 Å². The van der Waals surface area contributed by atoms with E-state index in [-0.39, 0.29) is 83.6 Å². The van der Waals surface area contributed by atoms with Crippen LogP contribution in [0.5, 0.6) is 11.5 Å². The molecule has 2 aromatic rings. The summed E-state index contributed by atoms with van der Waals surface area (Å²) in [4.78, 5) is 90.1. The molecule has 0 radical (unpaired) electrons. The van der Waals surface area contributed by atoms with Gasteiger partial charge >= 0.3 is 12.1 Å². The molecule has 4 unspecified atom stereocenters. The predicted octanol–water partition coefficient (Wildman–Crippen LogP) is 1.17. The standard InChI is InChI=1S/C53H83FN14O9S2/c1-35-31-57-51(73)61-48(35)79-44(47(71)58-36(2)42-12-11-41(75-6)30-43(42)54)13-14-45(69)64(4)23-26-76-27-25-66-17-21-68(22-18-66)50-55-32-37(33-56-50)49(72)65(5)24-28-77-40-9-7-38(8-10-40)59-52(74)62-53-60-39(34-78-53)29-46(70)67-19-15-63(3)16-20-67/h7-12,30,35-37,39,44,48,50,53,55-56,60H,13-29,31-34H2,1-6H3,(H,58,71)(H2,57,61,73)(H2,59,62,74)/t35?,36-,37?,39?,44-,48?,50?,53?/m1/s1. The molecule has 0 aliphatic carbocycles. The summed E-state index contributed by atoms with van der Waals surface area (Å²) < 4.78 is 31.9. The van der Waals surface area contributed by atoms with E-state index < -0.39 is 17.1 Å². The number of amides is 8. The molecule has 2 aromatic carbocycles. The number of hydrogen-bond donors (Lipinski definition) is 8. The summed E-state index contributed by atoms with van der Waals surface area (Å²) in [5, 5.41) is 23.7. The molecule has 7 rings (SSSR count). The van der Waals surface area contributed by atoms with Gasteiger partial charge in [0.1, 0.15) is 35.7 Å². The lowest BCUT2D eigenvalue weighted by Gasteiger charge is -2.42. The zero-order chi connectivity index (χ0) is 56.4. The summed E-state index contributed by atoms with van der Waals surface area (Å²) in [6.45, 7) is 14.7. The third-order valence-corrected chi connectivity index (χ3v) is 17.8. The maximum absolute atomic E-state index is 14.9. The molecular formula is C53H83FN14O9S2. The Morgan fingerprint density at radius 1 is 0.899 bits per heavy atom. The average molecular weight is 1140 g/mol. The van der Waals surface area contributed by atoms with Gasteiger partial charge in [-0.25, -0.2) is 14.0 Å². The van der Waals surface area contributed by atoms with Crippen LogP contribution in [0, 0.1) is 17.7 Å². The fourth-order valence-electron chi connectivity index (χ4n) is 9.82. The minimum absolute atomic E-state index is 0.00336. The number of ether oxygens (including phenoxy) is 3. The molecule has 5 fully saturated rings. The van der Waals surface area contributed by atoms with Crippen molar-refractivity contribution in [1.82, 2.24) is 66.6 Å². The first-order valence-corrected chi connectivity index (χ1v) is 29.5. The number of rotatable bonds is 25. The summed E-state index contributed by atoms with van der Waals surface area (Å²) in [5.74, 6) is 0.751. The van der Waals surface area contributed by atoms with Gasteiger partial charge in [0.15, 0.2) is 0 Å². The number of thioether (sulfide) groups is 2. The Balaban J connectivity index is 0.716. The van der Waals surface area contributed by atoms with E-state index >= 15 is 0 Å². The van der Waals surface area contributed by atoms with Crippen LogP contribution in [0.3, 0.4) is 0 Å². The van der Waals surface area contributed by atoms with E-state index in [1.807, 2.05) is 11.8 Å². The predicted molar refractivity (Wildman–Crippen MR) is 303 cm³/mol. The Morgan fingerprint density at radius 3 is 2.32 bits per heavy atom. The molecule has 0 aromatic heterocycles. The van der Waals surface area contributed by atoms with Crippen LogP contribution in [0.4, 0.5) is 19.7 Å². The summed E-state index contributed by atoms with van der Waals surface area (Å²) in [6.07, 6.45) is 0.710. The molecule has 79 heavy (non-hydrogen) atoms. The van der Waals surface area contributed by atoms with Crippen LogP contribution in [0.2, 0.25) is 0 Å². The smallest absolute Gasteiger partial charge is 0.321 e. The molecule has 5 aliphatic rings. The average Bonchev–Trinajstić information content (AvgIpc) is 3.90. The highest BCUT2D eigenvalue weighted by molar-refractivity contribution is 8.01. The highest BCUT2D eigenvalue weighted by Crippen LogP contribution is 2.29. The fourth-order valence-corrected chi connectivity index (χ4v) is 12.3. The van der Waals surface area contributed by atoms with Gasteiger partial charge in [-0.3, -0.25) is 44.9 Å². The van der Waals surface area contributed by atoms with Gasteiger partial charge in [0.2, 0.25) is 23.6 Å². The minimum atomic E-state index is -0.681. The van der Waals surface area contributed by atoms with E-state index in [4.69, 9.17) is 14.2 Å². The molecule has 23 nitrogen and oxygen atoms in total. The fraction of sp³-hybridized carbons (Fsp3) is 0.660. The first-order valence-electron chi connectivity index (χ1n) is 27.5. The molecule has 0 spiro atoms. The van der Waals surface area contributed by atoms with Crippen molar-refractivity contribution < 1.29 is 47.4 Å². The normalized spacial score (nSPS) is 23.8. The van der Waals surface area contributed by atoms with Crippen molar-refractivity contribution in [3.05, 3.63) is 53.8 Å². The van der Waals surface area contributed by atoms with Crippen molar-refractivity contribution in [3.63, 3.8) is 0 Å². The van der Waals surface area contributed by atoms with Gasteiger partial charge < -0.3 is 60.4 Å². The number of likely N-dealkylation sites (N-methyl/N-ethyl adjacent to an activating group) is 3. The molecular weight excluding hydrogens is 1060 g/mol. The number of nitrogens with one attached hydrogen (secondary N) is 8. The maximum atomic E-state index is 14.9. The molecule has 8 amide bonds.